The lowest BCUT2D eigenvalue weighted by Crippen LogP contribution is -2.46. The topological polar surface area (TPSA) is 39.3 Å². The van der Waals surface area contributed by atoms with Crippen LogP contribution >= 0.6 is 0 Å². The highest BCUT2D eigenvalue weighted by atomic mass is 16.2. The Morgan fingerprint density at radius 2 is 2.08 bits per heavy atom. The van der Waals surface area contributed by atoms with E-state index < -0.39 is 0 Å². The van der Waals surface area contributed by atoms with Crippen LogP contribution in [0.5, 0.6) is 0 Å². The van der Waals surface area contributed by atoms with E-state index in [9.17, 15) is 4.79 Å². The normalized spacial score (nSPS) is 26.3. The number of carbonyl (C=O) groups is 1. The fraction of sp³-hybridized carbons (Fsp3) is 0.571. The van der Waals surface area contributed by atoms with Gasteiger partial charge >= 0.3 is 0 Å². The van der Waals surface area contributed by atoms with Crippen LogP contribution in [0.2, 0.25) is 0 Å². The van der Waals surface area contributed by atoms with Crippen molar-refractivity contribution < 1.29 is 4.79 Å². The summed E-state index contributed by atoms with van der Waals surface area (Å²) in [4.78, 5) is 20.4. The molecular weight excluding hydrogens is 310 g/mol. The zero-order chi connectivity index (χ0) is 17.6. The summed E-state index contributed by atoms with van der Waals surface area (Å²) < 4.78 is 0. The van der Waals surface area contributed by atoms with Crippen LogP contribution in [0.3, 0.4) is 0 Å². The van der Waals surface area contributed by atoms with Crippen molar-refractivity contribution in [2.24, 2.45) is 11.8 Å². The Labute approximate surface area is 150 Å². The van der Waals surface area contributed by atoms with Gasteiger partial charge in [-0.2, -0.15) is 0 Å². The fourth-order valence-corrected chi connectivity index (χ4v) is 4.90. The lowest BCUT2D eigenvalue weighted by atomic mass is 9.75. The van der Waals surface area contributed by atoms with Gasteiger partial charge in [-0.05, 0) is 36.3 Å². The minimum Gasteiger partial charge on any atom is -0.357 e. The molecule has 134 valence electrons. The summed E-state index contributed by atoms with van der Waals surface area (Å²) in [6.07, 6.45) is 4.07. The first-order chi connectivity index (χ1) is 12.1. The number of hydrogen-bond acceptors (Lipinski definition) is 2. The molecule has 4 heteroatoms. The summed E-state index contributed by atoms with van der Waals surface area (Å²) in [5, 5.41) is 1.38. The van der Waals surface area contributed by atoms with E-state index in [-0.39, 0.29) is 5.91 Å². The van der Waals surface area contributed by atoms with Gasteiger partial charge in [-0.3, -0.25) is 9.69 Å². The number of H-pyrrole nitrogens is 1. The lowest BCUT2D eigenvalue weighted by molar-refractivity contribution is -0.131. The third-order valence-corrected chi connectivity index (χ3v) is 6.39. The third kappa shape index (κ3) is 2.86. The standard InChI is InChI=1S/C21H29N3O/c1-4-14-13-24-10-9-17-16-7-5-6-8-18(16)22-21(17)19(24)11-15(14)12-20(25)23(2)3/h5-8,14-15,19,22H,4,9-13H2,1-3H3/t14?,15-,19?/m1/s1. The molecule has 2 aliphatic rings. The number of carbonyl (C=O) groups excluding carboxylic acids is 1. The number of benzene rings is 1. The summed E-state index contributed by atoms with van der Waals surface area (Å²) in [6.45, 7) is 4.54. The highest BCUT2D eigenvalue weighted by Gasteiger charge is 2.40. The highest BCUT2D eigenvalue weighted by molar-refractivity contribution is 5.85. The molecule has 1 aromatic carbocycles. The number of amides is 1. The molecule has 0 bridgehead atoms. The van der Waals surface area contributed by atoms with Gasteiger partial charge in [-0.15, -0.1) is 0 Å². The molecule has 2 aliphatic heterocycles. The summed E-state index contributed by atoms with van der Waals surface area (Å²) in [6, 6.07) is 9.11. The predicted octanol–water partition coefficient (Wildman–Crippen LogP) is 3.59. The van der Waals surface area contributed by atoms with Gasteiger partial charge in [0.1, 0.15) is 0 Å². The maximum Gasteiger partial charge on any atom is 0.222 e. The Morgan fingerprint density at radius 1 is 1.28 bits per heavy atom. The van der Waals surface area contributed by atoms with E-state index in [1.807, 2.05) is 14.1 Å². The molecule has 1 aromatic heterocycles. The van der Waals surface area contributed by atoms with Crippen molar-refractivity contribution in [2.75, 3.05) is 27.2 Å². The monoisotopic (exact) mass is 339 g/mol. The van der Waals surface area contributed by atoms with E-state index >= 15 is 0 Å². The van der Waals surface area contributed by atoms with Crippen LogP contribution in [0, 0.1) is 11.8 Å². The third-order valence-electron chi connectivity index (χ3n) is 6.39. The molecule has 3 heterocycles. The summed E-state index contributed by atoms with van der Waals surface area (Å²) in [5.41, 5.74) is 4.17. The van der Waals surface area contributed by atoms with E-state index in [0.29, 0.717) is 24.3 Å². The van der Waals surface area contributed by atoms with Crippen molar-refractivity contribution in [3.05, 3.63) is 35.5 Å². The smallest absolute Gasteiger partial charge is 0.222 e. The van der Waals surface area contributed by atoms with Gasteiger partial charge in [0.2, 0.25) is 5.91 Å². The predicted molar refractivity (Wildman–Crippen MR) is 102 cm³/mol. The van der Waals surface area contributed by atoms with Gasteiger partial charge in [0.05, 0.1) is 6.04 Å². The Hall–Kier alpha value is -1.81. The molecule has 4 rings (SSSR count). The number of aromatic nitrogens is 1. The second-order valence-electron chi connectivity index (χ2n) is 7.98. The van der Waals surface area contributed by atoms with Crippen molar-refractivity contribution >= 4 is 16.8 Å². The number of hydrogen-bond donors (Lipinski definition) is 1. The molecule has 3 atom stereocenters. The minimum absolute atomic E-state index is 0.268. The van der Waals surface area contributed by atoms with E-state index in [4.69, 9.17) is 0 Å². The first-order valence-corrected chi connectivity index (χ1v) is 9.62. The first-order valence-electron chi connectivity index (χ1n) is 9.62. The Balaban J connectivity index is 1.65. The summed E-state index contributed by atoms with van der Waals surface area (Å²) >= 11 is 0. The quantitative estimate of drug-likeness (QED) is 0.928. The highest BCUT2D eigenvalue weighted by Crippen LogP contribution is 2.44. The van der Waals surface area contributed by atoms with E-state index in [0.717, 1.165) is 32.4 Å². The maximum atomic E-state index is 12.3. The Kier molecular flexibility index (Phi) is 4.32. The van der Waals surface area contributed by atoms with Crippen LogP contribution in [0.4, 0.5) is 0 Å². The van der Waals surface area contributed by atoms with Crippen molar-refractivity contribution in [1.82, 2.24) is 14.8 Å². The zero-order valence-corrected chi connectivity index (χ0v) is 15.6. The Bertz CT molecular complexity index is 779. The molecule has 0 spiro atoms. The van der Waals surface area contributed by atoms with Crippen LogP contribution in [-0.4, -0.2) is 47.9 Å². The summed E-state index contributed by atoms with van der Waals surface area (Å²) in [5.74, 6) is 1.38. The second kappa shape index (κ2) is 6.49. The molecule has 4 nitrogen and oxygen atoms in total. The molecule has 25 heavy (non-hydrogen) atoms. The zero-order valence-electron chi connectivity index (χ0n) is 15.6. The van der Waals surface area contributed by atoms with Crippen molar-refractivity contribution in [2.45, 2.75) is 38.6 Å². The molecule has 1 amide bonds. The molecule has 0 aliphatic carbocycles. The van der Waals surface area contributed by atoms with Crippen molar-refractivity contribution in [3.8, 4) is 0 Å². The van der Waals surface area contributed by atoms with Crippen LogP contribution < -0.4 is 0 Å². The van der Waals surface area contributed by atoms with E-state index in [1.54, 1.807) is 4.90 Å². The van der Waals surface area contributed by atoms with Crippen LogP contribution in [-0.2, 0) is 11.2 Å². The van der Waals surface area contributed by atoms with Crippen LogP contribution in [0.25, 0.3) is 10.9 Å². The Morgan fingerprint density at radius 3 is 2.84 bits per heavy atom. The number of nitrogens with one attached hydrogen (secondary N) is 1. The fourth-order valence-electron chi connectivity index (χ4n) is 4.90. The minimum atomic E-state index is 0.268. The number of aromatic amines is 1. The number of nitrogens with zero attached hydrogens (tertiary/aromatic N) is 2. The molecule has 1 saturated heterocycles. The van der Waals surface area contributed by atoms with Gasteiger partial charge in [0.15, 0.2) is 0 Å². The molecule has 1 fully saturated rings. The lowest BCUT2D eigenvalue weighted by Gasteiger charge is -2.46. The number of fused-ring (bicyclic) bond motifs is 5. The van der Waals surface area contributed by atoms with Crippen molar-refractivity contribution in [3.63, 3.8) is 0 Å². The number of rotatable bonds is 3. The first kappa shape index (κ1) is 16.6. The second-order valence-corrected chi connectivity index (χ2v) is 7.98. The largest absolute Gasteiger partial charge is 0.357 e. The van der Waals surface area contributed by atoms with E-state index in [1.165, 1.54) is 22.2 Å². The van der Waals surface area contributed by atoms with Gasteiger partial charge in [-0.25, -0.2) is 0 Å². The molecule has 2 unspecified atom stereocenters. The van der Waals surface area contributed by atoms with Gasteiger partial charge in [0, 0.05) is 50.2 Å². The van der Waals surface area contributed by atoms with Gasteiger partial charge in [0.25, 0.3) is 0 Å². The SMILES string of the molecule is CCC1CN2CCc3c([nH]c4ccccc34)C2C[C@@H]1CC(=O)N(C)C. The average molecular weight is 339 g/mol. The summed E-state index contributed by atoms with van der Waals surface area (Å²) in [7, 11) is 3.74. The molecule has 2 aromatic rings. The van der Waals surface area contributed by atoms with Crippen LogP contribution in [0.1, 0.15) is 43.5 Å². The maximum absolute atomic E-state index is 12.3. The van der Waals surface area contributed by atoms with Gasteiger partial charge < -0.3 is 9.88 Å². The van der Waals surface area contributed by atoms with Crippen LogP contribution in [0.15, 0.2) is 24.3 Å². The van der Waals surface area contributed by atoms with Gasteiger partial charge in [-0.1, -0.05) is 31.5 Å². The molecular formula is C21H29N3O. The van der Waals surface area contributed by atoms with E-state index in [2.05, 4.69) is 41.1 Å². The molecule has 0 radical (unpaired) electrons. The average Bonchev–Trinajstić information content (AvgIpc) is 3.00. The number of piperidine rings is 1. The molecule has 1 N–H and O–H groups in total. The molecule has 0 saturated carbocycles. The van der Waals surface area contributed by atoms with Crippen molar-refractivity contribution in [1.29, 1.82) is 0 Å². The number of para-hydroxylation sites is 1.